The normalized spacial score (nSPS) is 46.6. The largest absolute Gasteiger partial charge is 0.308 e. The van der Waals surface area contributed by atoms with Gasteiger partial charge in [0.1, 0.15) is 11.6 Å². The number of carbonyl (C=O) groups is 3. The molecule has 9 atom stereocenters. The molecule has 0 aliphatic heterocycles. The Hall–Kier alpha value is -1.76. The standard InChI is InChI=1S/C35H51NO3/c1-9-10-11-12-28(38)35-17-15-31(3,4)20-24(35)29-26(37)19-27-32(5)21-25(36-8)30(39)22(2)23(32)13-14-33(27,6)34(29,7)16-18-35/h21-24,27,29H,9-20H2,1-7H3/t22-,23-,24-,27+,29-,32-,33+,34+,35-/m0/s1. The zero-order valence-electron chi connectivity index (χ0n) is 25.6. The SMILES string of the molecule is [C-]#[N+]C1=C[C@]2(C)[C@H]3CC(=O)[C@@H]4[C@@H]5CC(C)(C)CC[C@]5(C(=O)CCCCC)CC[C@@]4(C)[C@]3(C)CC[C@H]2[C@H](C)C1=O. The molecule has 4 saturated carbocycles. The van der Waals surface area contributed by atoms with Crippen molar-refractivity contribution >= 4 is 17.3 Å². The molecule has 4 heteroatoms. The lowest BCUT2D eigenvalue weighted by atomic mass is 9.32. The van der Waals surface area contributed by atoms with E-state index in [1.165, 1.54) is 0 Å². The van der Waals surface area contributed by atoms with Gasteiger partial charge in [0.2, 0.25) is 5.70 Å². The van der Waals surface area contributed by atoms with Crippen molar-refractivity contribution in [3.05, 3.63) is 23.2 Å². The van der Waals surface area contributed by atoms with E-state index in [-0.39, 0.29) is 68.1 Å². The van der Waals surface area contributed by atoms with Crippen LogP contribution in [-0.4, -0.2) is 17.3 Å². The molecule has 4 fully saturated rings. The Kier molecular flexibility index (Phi) is 6.92. The second kappa shape index (κ2) is 9.39. The van der Waals surface area contributed by atoms with E-state index >= 15 is 0 Å². The fraction of sp³-hybridized carbons (Fsp3) is 0.829. The van der Waals surface area contributed by atoms with Crippen LogP contribution in [0.15, 0.2) is 11.8 Å². The molecule has 214 valence electrons. The van der Waals surface area contributed by atoms with Crippen molar-refractivity contribution in [3.63, 3.8) is 0 Å². The smallest absolute Gasteiger partial charge is 0.226 e. The maximum Gasteiger partial charge on any atom is 0.226 e. The van der Waals surface area contributed by atoms with Gasteiger partial charge in [-0.1, -0.05) is 67.4 Å². The van der Waals surface area contributed by atoms with Gasteiger partial charge in [-0.05, 0) is 90.8 Å². The Morgan fingerprint density at radius 2 is 1.67 bits per heavy atom. The number of unbranched alkanes of at least 4 members (excludes halogenated alkanes) is 2. The van der Waals surface area contributed by atoms with E-state index in [1.54, 1.807) is 0 Å². The van der Waals surface area contributed by atoms with E-state index in [4.69, 9.17) is 6.57 Å². The molecule has 0 aromatic rings. The average Bonchev–Trinajstić information content (AvgIpc) is 2.87. The van der Waals surface area contributed by atoms with E-state index < -0.39 is 0 Å². The summed E-state index contributed by atoms with van der Waals surface area (Å²) in [7, 11) is 0. The molecule has 0 unspecified atom stereocenters. The van der Waals surface area contributed by atoms with E-state index in [9.17, 15) is 14.4 Å². The highest BCUT2D eigenvalue weighted by molar-refractivity contribution is 6.00. The van der Waals surface area contributed by atoms with Crippen LogP contribution in [-0.2, 0) is 14.4 Å². The lowest BCUT2D eigenvalue weighted by Crippen LogP contribution is -2.68. The van der Waals surface area contributed by atoms with Gasteiger partial charge in [-0.15, -0.1) is 0 Å². The number of allylic oxidation sites excluding steroid dienone is 2. The highest BCUT2D eigenvalue weighted by atomic mass is 16.1. The van der Waals surface area contributed by atoms with Crippen LogP contribution >= 0.6 is 0 Å². The summed E-state index contributed by atoms with van der Waals surface area (Å²) in [6.07, 6.45) is 13.1. The number of Topliss-reactive ketones (excluding diaryl/α,β-unsaturated/α-hetero) is 3. The second-order valence-electron chi connectivity index (χ2n) is 15.9. The number of fused-ring (bicyclic) bond motifs is 7. The van der Waals surface area contributed by atoms with Crippen LogP contribution < -0.4 is 0 Å². The molecule has 4 nitrogen and oxygen atoms in total. The summed E-state index contributed by atoms with van der Waals surface area (Å²) >= 11 is 0. The maximum atomic E-state index is 14.6. The van der Waals surface area contributed by atoms with Crippen LogP contribution in [0.25, 0.3) is 4.85 Å². The molecule has 0 radical (unpaired) electrons. The summed E-state index contributed by atoms with van der Waals surface area (Å²) < 4.78 is 0. The van der Waals surface area contributed by atoms with Crippen LogP contribution in [0, 0.1) is 63.2 Å². The van der Waals surface area contributed by atoms with Crippen LogP contribution in [0.5, 0.6) is 0 Å². The van der Waals surface area contributed by atoms with Crippen molar-refractivity contribution < 1.29 is 14.4 Å². The molecular weight excluding hydrogens is 482 g/mol. The molecule has 5 aliphatic carbocycles. The second-order valence-corrected chi connectivity index (χ2v) is 15.9. The summed E-state index contributed by atoms with van der Waals surface area (Å²) in [5.41, 5.74) is -0.497. The minimum Gasteiger partial charge on any atom is -0.308 e. The highest BCUT2D eigenvalue weighted by Gasteiger charge is 2.71. The third-order valence-corrected chi connectivity index (χ3v) is 13.7. The van der Waals surface area contributed by atoms with Crippen molar-refractivity contribution in [2.75, 3.05) is 0 Å². The van der Waals surface area contributed by atoms with Gasteiger partial charge >= 0.3 is 0 Å². The van der Waals surface area contributed by atoms with Crippen LogP contribution in [0.2, 0.25) is 0 Å². The molecule has 5 rings (SSSR count). The topological polar surface area (TPSA) is 55.6 Å². The molecule has 0 aromatic heterocycles. The fourth-order valence-electron chi connectivity index (χ4n) is 11.2. The maximum absolute atomic E-state index is 14.6. The molecule has 39 heavy (non-hydrogen) atoms. The zero-order valence-corrected chi connectivity index (χ0v) is 25.6. The Morgan fingerprint density at radius 3 is 2.33 bits per heavy atom. The van der Waals surface area contributed by atoms with Gasteiger partial charge in [-0.3, -0.25) is 9.59 Å². The molecule has 0 aromatic carbocycles. The van der Waals surface area contributed by atoms with Crippen molar-refractivity contribution in [3.8, 4) is 0 Å². The molecular formula is C35H51NO3. The summed E-state index contributed by atoms with van der Waals surface area (Å²) in [6.45, 7) is 23.7. The first kappa shape index (κ1) is 28.8. The first-order chi connectivity index (χ1) is 18.2. The molecule has 0 N–H and O–H groups in total. The van der Waals surface area contributed by atoms with Gasteiger partial charge in [0.05, 0.1) is 6.57 Å². The average molecular weight is 534 g/mol. The van der Waals surface area contributed by atoms with Gasteiger partial charge in [-0.25, -0.2) is 4.85 Å². The van der Waals surface area contributed by atoms with E-state index in [0.29, 0.717) is 24.4 Å². The molecule has 5 aliphatic rings. The van der Waals surface area contributed by atoms with E-state index in [2.05, 4.69) is 46.4 Å². The quantitative estimate of drug-likeness (QED) is 0.263. The zero-order chi connectivity index (χ0) is 28.6. The third kappa shape index (κ3) is 3.91. The number of rotatable bonds is 5. The van der Waals surface area contributed by atoms with Gasteiger partial charge in [-0.2, -0.15) is 0 Å². The number of carbonyl (C=O) groups excluding carboxylic acids is 3. The van der Waals surface area contributed by atoms with Gasteiger partial charge in [0.25, 0.3) is 0 Å². The Balaban J connectivity index is 1.58. The van der Waals surface area contributed by atoms with Gasteiger partial charge in [0.15, 0.2) is 5.78 Å². The number of hydrogen-bond acceptors (Lipinski definition) is 3. The third-order valence-electron chi connectivity index (χ3n) is 13.7. The molecule has 0 heterocycles. The predicted molar refractivity (Wildman–Crippen MR) is 154 cm³/mol. The predicted octanol–water partition coefficient (Wildman–Crippen LogP) is 8.40. The Bertz CT molecular complexity index is 1140. The minimum atomic E-state index is -0.337. The van der Waals surface area contributed by atoms with Crippen molar-refractivity contribution in [1.29, 1.82) is 0 Å². The summed E-state index contributed by atoms with van der Waals surface area (Å²) in [5, 5.41) is 0. The van der Waals surface area contributed by atoms with E-state index in [0.717, 1.165) is 64.2 Å². The van der Waals surface area contributed by atoms with Crippen molar-refractivity contribution in [2.24, 2.45) is 56.7 Å². The molecule has 0 saturated heterocycles. The monoisotopic (exact) mass is 533 g/mol. The van der Waals surface area contributed by atoms with Crippen LogP contribution in [0.4, 0.5) is 0 Å². The first-order valence-electron chi connectivity index (χ1n) is 15.9. The first-order valence-corrected chi connectivity index (χ1v) is 15.9. The summed E-state index contributed by atoms with van der Waals surface area (Å²) in [4.78, 5) is 45.3. The number of ketones is 3. The number of hydrogen-bond donors (Lipinski definition) is 0. The lowest BCUT2D eigenvalue weighted by molar-refractivity contribution is -0.218. The Morgan fingerprint density at radius 1 is 0.974 bits per heavy atom. The molecule has 0 amide bonds. The van der Waals surface area contributed by atoms with Crippen LogP contribution in [0.1, 0.15) is 126 Å². The van der Waals surface area contributed by atoms with Crippen LogP contribution in [0.3, 0.4) is 0 Å². The van der Waals surface area contributed by atoms with E-state index in [1.807, 2.05) is 13.0 Å². The van der Waals surface area contributed by atoms with Crippen molar-refractivity contribution in [1.82, 2.24) is 0 Å². The summed E-state index contributed by atoms with van der Waals surface area (Å²) in [6, 6.07) is 0. The van der Waals surface area contributed by atoms with Gasteiger partial charge < -0.3 is 4.79 Å². The Labute approximate surface area is 237 Å². The summed E-state index contributed by atoms with van der Waals surface area (Å²) in [5.74, 6) is 0.965. The van der Waals surface area contributed by atoms with Crippen molar-refractivity contribution in [2.45, 2.75) is 126 Å². The molecule has 0 bridgehead atoms. The minimum absolute atomic E-state index is 0.0178. The lowest BCUT2D eigenvalue weighted by Gasteiger charge is -2.71. The molecule has 0 spiro atoms. The highest BCUT2D eigenvalue weighted by Crippen LogP contribution is 2.75. The fourth-order valence-corrected chi connectivity index (χ4v) is 11.2. The van der Waals surface area contributed by atoms with Gasteiger partial charge in [0, 0.05) is 30.1 Å². The number of nitrogens with zero attached hydrogens (tertiary/aromatic N) is 1.